The lowest BCUT2D eigenvalue weighted by Gasteiger charge is -2.32. The molecule has 19 heavy (non-hydrogen) atoms. The van der Waals surface area contributed by atoms with Crippen molar-refractivity contribution in [2.75, 3.05) is 0 Å². The third kappa shape index (κ3) is 3.23. The smallest absolute Gasteiger partial charge is 0.182 e. The zero-order chi connectivity index (χ0) is 13.9. The van der Waals surface area contributed by atoms with Crippen LogP contribution in [0.3, 0.4) is 0 Å². The number of carbonyl (C=O) groups excluding carboxylic acids is 1. The topological polar surface area (TPSA) is 17.1 Å². The van der Waals surface area contributed by atoms with Gasteiger partial charge in [-0.25, -0.2) is 0 Å². The quantitative estimate of drug-likeness (QED) is 0.708. The predicted octanol–water partition coefficient (Wildman–Crippen LogP) is 4.80. The van der Waals surface area contributed by atoms with E-state index in [1.54, 1.807) is 6.08 Å². The molecule has 0 aliphatic heterocycles. The van der Waals surface area contributed by atoms with Crippen molar-refractivity contribution >= 4 is 11.9 Å². The van der Waals surface area contributed by atoms with Crippen LogP contribution in [0.4, 0.5) is 0 Å². The molecule has 0 atom stereocenters. The molecule has 2 rings (SSSR count). The Morgan fingerprint density at radius 1 is 1.21 bits per heavy atom. The first-order valence-electron chi connectivity index (χ1n) is 6.98. The van der Waals surface area contributed by atoms with Crippen molar-refractivity contribution < 1.29 is 4.79 Å². The Balaban J connectivity index is 2.22. The average Bonchev–Trinajstić information content (AvgIpc) is 2.36. The number of allylic oxidation sites excluding steroid dienone is 3. The van der Waals surface area contributed by atoms with Gasteiger partial charge in [0.2, 0.25) is 0 Å². The molecule has 0 N–H and O–H groups in total. The summed E-state index contributed by atoms with van der Waals surface area (Å²) in [4.78, 5) is 12.5. The Labute approximate surface area is 116 Å². The van der Waals surface area contributed by atoms with E-state index in [9.17, 15) is 4.79 Å². The van der Waals surface area contributed by atoms with E-state index in [1.165, 1.54) is 12.0 Å². The van der Waals surface area contributed by atoms with Gasteiger partial charge >= 0.3 is 0 Å². The van der Waals surface area contributed by atoms with Crippen LogP contribution in [0.25, 0.3) is 6.08 Å². The van der Waals surface area contributed by atoms with E-state index < -0.39 is 0 Å². The van der Waals surface area contributed by atoms with Gasteiger partial charge in [0.1, 0.15) is 0 Å². The molecule has 0 unspecified atom stereocenters. The van der Waals surface area contributed by atoms with Gasteiger partial charge in [-0.05, 0) is 43.2 Å². The summed E-state index contributed by atoms with van der Waals surface area (Å²) in [5, 5.41) is 0. The molecule has 0 saturated heterocycles. The zero-order valence-corrected chi connectivity index (χ0v) is 12.1. The van der Waals surface area contributed by atoms with Crippen molar-refractivity contribution in [2.24, 2.45) is 5.41 Å². The van der Waals surface area contributed by atoms with Gasteiger partial charge in [-0.3, -0.25) is 4.79 Å². The SMILES string of the molecule is CC1=C(C(=O)C=Cc2ccccc2)C(C)(C)CCC1. The van der Waals surface area contributed by atoms with Gasteiger partial charge in [-0.15, -0.1) is 0 Å². The van der Waals surface area contributed by atoms with Crippen LogP contribution in [0.1, 0.15) is 45.6 Å². The summed E-state index contributed by atoms with van der Waals surface area (Å²) < 4.78 is 0. The highest BCUT2D eigenvalue weighted by molar-refractivity contribution is 6.07. The van der Waals surface area contributed by atoms with Crippen LogP contribution >= 0.6 is 0 Å². The van der Waals surface area contributed by atoms with Crippen molar-refractivity contribution in [1.82, 2.24) is 0 Å². The normalized spacial score (nSPS) is 18.9. The van der Waals surface area contributed by atoms with Crippen LogP contribution in [-0.2, 0) is 4.79 Å². The van der Waals surface area contributed by atoms with E-state index in [0.717, 1.165) is 24.0 Å². The molecule has 0 heterocycles. The molecule has 0 aromatic heterocycles. The Morgan fingerprint density at radius 3 is 2.53 bits per heavy atom. The van der Waals surface area contributed by atoms with Crippen LogP contribution < -0.4 is 0 Å². The summed E-state index contributed by atoms with van der Waals surface area (Å²) in [5.41, 5.74) is 3.37. The van der Waals surface area contributed by atoms with E-state index in [0.29, 0.717) is 0 Å². The Morgan fingerprint density at radius 2 is 1.89 bits per heavy atom. The summed E-state index contributed by atoms with van der Waals surface area (Å²) in [7, 11) is 0. The minimum Gasteiger partial charge on any atom is -0.290 e. The molecular formula is C18H22O. The number of hydrogen-bond donors (Lipinski definition) is 0. The van der Waals surface area contributed by atoms with Crippen molar-refractivity contribution in [3.05, 3.63) is 53.1 Å². The van der Waals surface area contributed by atoms with Crippen LogP contribution in [-0.4, -0.2) is 5.78 Å². The highest BCUT2D eigenvalue weighted by Crippen LogP contribution is 2.40. The van der Waals surface area contributed by atoms with Gasteiger partial charge in [0, 0.05) is 5.57 Å². The fraction of sp³-hybridized carbons (Fsp3) is 0.389. The molecule has 0 spiro atoms. The molecule has 1 aliphatic rings. The number of benzene rings is 1. The second-order valence-corrected chi connectivity index (χ2v) is 6.00. The monoisotopic (exact) mass is 254 g/mol. The molecule has 0 radical (unpaired) electrons. The fourth-order valence-corrected chi connectivity index (χ4v) is 2.99. The summed E-state index contributed by atoms with van der Waals surface area (Å²) in [6, 6.07) is 9.97. The molecular weight excluding hydrogens is 232 g/mol. The second-order valence-electron chi connectivity index (χ2n) is 6.00. The van der Waals surface area contributed by atoms with Crippen molar-refractivity contribution in [2.45, 2.75) is 40.0 Å². The lowest BCUT2D eigenvalue weighted by Crippen LogP contribution is -2.25. The maximum Gasteiger partial charge on any atom is 0.182 e. The first-order valence-corrected chi connectivity index (χ1v) is 6.98. The molecule has 0 fully saturated rings. The zero-order valence-electron chi connectivity index (χ0n) is 12.1. The Hall–Kier alpha value is -1.63. The number of hydrogen-bond acceptors (Lipinski definition) is 1. The van der Waals surface area contributed by atoms with Crippen LogP contribution in [0, 0.1) is 5.41 Å². The Bertz CT molecular complexity index is 518. The maximum atomic E-state index is 12.5. The highest BCUT2D eigenvalue weighted by Gasteiger charge is 2.31. The first kappa shape index (κ1) is 13.8. The van der Waals surface area contributed by atoms with E-state index in [1.807, 2.05) is 36.4 Å². The van der Waals surface area contributed by atoms with E-state index in [4.69, 9.17) is 0 Å². The van der Waals surface area contributed by atoms with Gasteiger partial charge in [0.05, 0.1) is 0 Å². The lowest BCUT2D eigenvalue weighted by atomic mass is 9.71. The van der Waals surface area contributed by atoms with Crippen molar-refractivity contribution in [3.63, 3.8) is 0 Å². The highest BCUT2D eigenvalue weighted by atomic mass is 16.1. The largest absolute Gasteiger partial charge is 0.290 e. The summed E-state index contributed by atoms with van der Waals surface area (Å²) in [6.07, 6.45) is 6.99. The third-order valence-electron chi connectivity index (χ3n) is 3.93. The van der Waals surface area contributed by atoms with E-state index in [2.05, 4.69) is 20.8 Å². The van der Waals surface area contributed by atoms with Gasteiger partial charge in [0.15, 0.2) is 5.78 Å². The molecule has 1 nitrogen and oxygen atoms in total. The van der Waals surface area contributed by atoms with Gasteiger partial charge in [-0.2, -0.15) is 0 Å². The van der Waals surface area contributed by atoms with Gasteiger partial charge in [0.25, 0.3) is 0 Å². The molecule has 1 aromatic rings. The number of carbonyl (C=O) groups is 1. The molecule has 0 amide bonds. The fourth-order valence-electron chi connectivity index (χ4n) is 2.99. The molecule has 1 aliphatic carbocycles. The van der Waals surface area contributed by atoms with Crippen LogP contribution in [0.5, 0.6) is 0 Å². The van der Waals surface area contributed by atoms with Crippen LogP contribution in [0.15, 0.2) is 47.6 Å². The Kier molecular flexibility index (Phi) is 4.04. The standard InChI is InChI=1S/C18H22O/c1-14-8-7-13-18(2,3)17(14)16(19)12-11-15-9-5-4-6-10-15/h4-6,9-12H,7-8,13H2,1-3H3. The van der Waals surface area contributed by atoms with Crippen molar-refractivity contribution in [3.8, 4) is 0 Å². The number of ketones is 1. The first-order chi connectivity index (χ1) is 9.00. The minimum atomic E-state index is 0.0143. The van der Waals surface area contributed by atoms with Gasteiger partial charge in [-0.1, -0.05) is 55.8 Å². The number of rotatable bonds is 3. The molecule has 0 saturated carbocycles. The van der Waals surface area contributed by atoms with E-state index >= 15 is 0 Å². The average molecular weight is 254 g/mol. The lowest BCUT2D eigenvalue weighted by molar-refractivity contribution is -0.112. The van der Waals surface area contributed by atoms with Gasteiger partial charge < -0.3 is 0 Å². The molecule has 100 valence electrons. The maximum absolute atomic E-state index is 12.5. The molecule has 1 aromatic carbocycles. The third-order valence-corrected chi connectivity index (χ3v) is 3.93. The van der Waals surface area contributed by atoms with Crippen molar-refractivity contribution in [1.29, 1.82) is 0 Å². The predicted molar refractivity (Wildman–Crippen MR) is 80.8 cm³/mol. The second kappa shape index (κ2) is 5.56. The minimum absolute atomic E-state index is 0.0143. The molecule has 1 heteroatoms. The summed E-state index contributed by atoms with van der Waals surface area (Å²) in [5.74, 6) is 0.172. The van der Waals surface area contributed by atoms with Crippen LogP contribution in [0.2, 0.25) is 0 Å². The molecule has 0 bridgehead atoms. The van der Waals surface area contributed by atoms with E-state index in [-0.39, 0.29) is 11.2 Å². The summed E-state index contributed by atoms with van der Waals surface area (Å²) in [6.45, 7) is 6.46. The summed E-state index contributed by atoms with van der Waals surface area (Å²) >= 11 is 0.